The molecule has 208 valence electrons. The van der Waals surface area contributed by atoms with Crippen molar-refractivity contribution in [2.75, 3.05) is 0 Å². The average Bonchev–Trinajstić information content (AvgIpc) is 3.66. The average molecular weight is 553 g/mol. The maximum atomic E-state index is 15.0. The highest BCUT2D eigenvalue weighted by Crippen LogP contribution is 2.37. The van der Waals surface area contributed by atoms with Crippen LogP contribution in [0.15, 0.2) is 72.9 Å². The van der Waals surface area contributed by atoms with Gasteiger partial charge in [0.1, 0.15) is 17.6 Å². The topological polar surface area (TPSA) is 83.0 Å². The Bertz CT molecular complexity index is 1480. The second-order valence-electron chi connectivity index (χ2n) is 9.94. The minimum atomic E-state index is -4.77. The van der Waals surface area contributed by atoms with Crippen molar-refractivity contribution < 1.29 is 27.1 Å². The van der Waals surface area contributed by atoms with E-state index in [2.05, 4.69) is 10.1 Å². The Balaban J connectivity index is 1.45. The van der Waals surface area contributed by atoms with Gasteiger partial charge in [-0.15, -0.1) is 0 Å². The number of Topliss-reactive ketones (excluding diaryl/α,β-unsaturated/α-hetero) is 1. The maximum absolute atomic E-state index is 15.0. The fraction of sp³-hybridized carbons (Fsp3) is 0.300. The Kier molecular flexibility index (Phi) is 7.97. The number of nitrogens with zero attached hydrogens (tertiary/aromatic N) is 3. The van der Waals surface area contributed by atoms with Crippen molar-refractivity contribution in [1.29, 1.82) is 0 Å². The summed E-state index contributed by atoms with van der Waals surface area (Å²) in [7, 11) is 0. The molecule has 0 bridgehead atoms. The summed E-state index contributed by atoms with van der Waals surface area (Å²) >= 11 is 0. The van der Waals surface area contributed by atoms with Gasteiger partial charge in [-0.2, -0.15) is 18.3 Å². The molecule has 0 amide bonds. The minimum Gasteiger partial charge on any atom is -0.469 e. The molecule has 2 heterocycles. The first-order chi connectivity index (χ1) is 19.2. The molecule has 1 aliphatic carbocycles. The monoisotopic (exact) mass is 552 g/mol. The van der Waals surface area contributed by atoms with Gasteiger partial charge in [-0.3, -0.25) is 4.79 Å². The molecule has 1 fully saturated rings. The second-order valence-corrected chi connectivity index (χ2v) is 9.94. The Labute approximate surface area is 228 Å². The van der Waals surface area contributed by atoms with Gasteiger partial charge in [-0.1, -0.05) is 37.1 Å². The van der Waals surface area contributed by atoms with Crippen molar-refractivity contribution in [3.05, 3.63) is 107 Å². The van der Waals surface area contributed by atoms with Crippen molar-refractivity contribution in [2.45, 2.75) is 50.9 Å². The van der Waals surface area contributed by atoms with Gasteiger partial charge < -0.3 is 10.5 Å². The van der Waals surface area contributed by atoms with Crippen LogP contribution in [-0.4, -0.2) is 20.5 Å². The molecule has 10 heteroatoms. The van der Waals surface area contributed by atoms with Crippen LogP contribution in [0.2, 0.25) is 0 Å². The van der Waals surface area contributed by atoms with Gasteiger partial charge in [0, 0.05) is 31.3 Å². The number of nitrogens with two attached hydrogens (primary N) is 1. The molecule has 0 saturated heterocycles. The van der Waals surface area contributed by atoms with Crippen molar-refractivity contribution >= 4 is 5.78 Å². The van der Waals surface area contributed by atoms with E-state index in [1.54, 1.807) is 54.7 Å². The summed E-state index contributed by atoms with van der Waals surface area (Å²) in [5.41, 5.74) is 5.79. The standard InChI is InChI=1S/C30H28F4N4O2/c31-24-11-10-21(27(12-9-19-7-8-19)40-29-6-1-2-13-36-29)15-22(24)16-26(39)25-17-28(30(32,33)34)37-38(25)23-5-3-4-20(14-23)18-35/h1-6,10-11,13-15,17,19,27H,7-9,12,16,18,35H2. The van der Waals surface area contributed by atoms with Crippen molar-refractivity contribution in [3.8, 4) is 11.6 Å². The number of hydrogen-bond acceptors (Lipinski definition) is 5. The lowest BCUT2D eigenvalue weighted by atomic mass is 9.98. The maximum Gasteiger partial charge on any atom is 0.435 e. The van der Waals surface area contributed by atoms with E-state index in [4.69, 9.17) is 10.5 Å². The van der Waals surface area contributed by atoms with Gasteiger partial charge in [-0.05, 0) is 65.8 Å². The highest BCUT2D eigenvalue weighted by molar-refractivity contribution is 5.96. The summed E-state index contributed by atoms with van der Waals surface area (Å²) in [5, 5.41) is 3.66. The zero-order valence-electron chi connectivity index (χ0n) is 21.6. The highest BCUT2D eigenvalue weighted by atomic mass is 19.4. The highest BCUT2D eigenvalue weighted by Gasteiger charge is 2.36. The Morgan fingerprint density at radius 2 is 1.90 bits per heavy atom. The molecule has 0 aliphatic heterocycles. The molecule has 1 unspecified atom stereocenters. The third kappa shape index (κ3) is 6.56. The van der Waals surface area contributed by atoms with E-state index >= 15 is 0 Å². The predicted molar refractivity (Wildman–Crippen MR) is 140 cm³/mol. The van der Waals surface area contributed by atoms with Gasteiger partial charge >= 0.3 is 6.18 Å². The SMILES string of the molecule is NCc1cccc(-n2nc(C(F)(F)F)cc2C(=O)Cc2cc(C(CCC3CC3)Oc3ccccn3)ccc2F)c1. The van der Waals surface area contributed by atoms with Gasteiger partial charge in [0.15, 0.2) is 11.5 Å². The third-order valence-corrected chi connectivity index (χ3v) is 6.90. The number of ether oxygens (including phenoxy) is 1. The van der Waals surface area contributed by atoms with E-state index < -0.39 is 36.0 Å². The van der Waals surface area contributed by atoms with Gasteiger partial charge in [0.2, 0.25) is 5.88 Å². The quantitative estimate of drug-likeness (QED) is 0.167. The smallest absolute Gasteiger partial charge is 0.435 e. The Hall–Kier alpha value is -4.05. The Morgan fingerprint density at radius 3 is 2.60 bits per heavy atom. The lowest BCUT2D eigenvalue weighted by Crippen LogP contribution is -2.14. The molecular formula is C30H28F4N4O2. The van der Waals surface area contributed by atoms with E-state index in [-0.39, 0.29) is 23.5 Å². The van der Waals surface area contributed by atoms with Gasteiger partial charge in [0.05, 0.1) is 5.69 Å². The van der Waals surface area contributed by atoms with Crippen LogP contribution in [0.4, 0.5) is 17.6 Å². The molecule has 2 N–H and O–H groups in total. The lowest BCUT2D eigenvalue weighted by Gasteiger charge is -2.20. The number of benzene rings is 2. The zero-order valence-corrected chi connectivity index (χ0v) is 21.6. The number of ketones is 1. The fourth-order valence-corrected chi connectivity index (χ4v) is 4.57. The predicted octanol–water partition coefficient (Wildman–Crippen LogP) is 6.62. The van der Waals surface area contributed by atoms with Crippen LogP contribution in [0, 0.1) is 11.7 Å². The van der Waals surface area contributed by atoms with E-state index in [1.165, 1.54) is 25.0 Å². The number of carbonyl (C=O) groups is 1. The number of alkyl halides is 3. The number of pyridine rings is 1. The normalized spacial score (nSPS) is 14.2. The van der Waals surface area contributed by atoms with Crippen LogP contribution < -0.4 is 10.5 Å². The van der Waals surface area contributed by atoms with E-state index in [1.807, 2.05) is 0 Å². The van der Waals surface area contributed by atoms with Crippen molar-refractivity contribution in [2.24, 2.45) is 11.7 Å². The molecule has 5 rings (SSSR count). The zero-order chi connectivity index (χ0) is 28.3. The Morgan fingerprint density at radius 1 is 1.07 bits per heavy atom. The van der Waals surface area contributed by atoms with Crippen LogP contribution in [-0.2, 0) is 19.1 Å². The number of aromatic nitrogens is 3. The molecule has 2 aromatic heterocycles. The van der Waals surface area contributed by atoms with E-state index in [0.717, 1.165) is 11.1 Å². The number of rotatable bonds is 11. The van der Waals surface area contributed by atoms with Crippen LogP contribution in [0.5, 0.6) is 5.88 Å². The largest absolute Gasteiger partial charge is 0.469 e. The summed E-state index contributed by atoms with van der Waals surface area (Å²) in [6.07, 6.45) is -0.0887. The first-order valence-electron chi connectivity index (χ1n) is 13.1. The molecule has 4 aromatic rings. The molecule has 1 saturated carbocycles. The molecule has 1 aliphatic rings. The summed E-state index contributed by atoms with van der Waals surface area (Å²) in [4.78, 5) is 17.6. The number of halogens is 4. The number of carbonyl (C=O) groups excluding carboxylic acids is 1. The van der Waals surface area contributed by atoms with Crippen LogP contribution >= 0.6 is 0 Å². The van der Waals surface area contributed by atoms with Crippen molar-refractivity contribution in [1.82, 2.24) is 14.8 Å². The van der Waals surface area contributed by atoms with Gasteiger partial charge in [0.25, 0.3) is 0 Å². The van der Waals surface area contributed by atoms with Crippen LogP contribution in [0.25, 0.3) is 5.69 Å². The van der Waals surface area contributed by atoms with E-state index in [0.29, 0.717) is 35.4 Å². The summed E-state index contributed by atoms with van der Waals surface area (Å²) < 4.78 is 62.7. The van der Waals surface area contributed by atoms with Crippen LogP contribution in [0.3, 0.4) is 0 Å². The molecule has 0 radical (unpaired) electrons. The summed E-state index contributed by atoms with van der Waals surface area (Å²) in [6.45, 7) is 0.158. The molecular weight excluding hydrogens is 524 g/mol. The molecule has 0 spiro atoms. The summed E-state index contributed by atoms with van der Waals surface area (Å²) in [6, 6.07) is 16.8. The molecule has 6 nitrogen and oxygen atoms in total. The lowest BCUT2D eigenvalue weighted by molar-refractivity contribution is -0.141. The number of hydrogen-bond donors (Lipinski definition) is 1. The van der Waals surface area contributed by atoms with Crippen molar-refractivity contribution in [3.63, 3.8) is 0 Å². The second kappa shape index (κ2) is 11.6. The van der Waals surface area contributed by atoms with Crippen LogP contribution in [0.1, 0.15) is 64.7 Å². The van der Waals surface area contributed by atoms with E-state index in [9.17, 15) is 22.4 Å². The first-order valence-corrected chi connectivity index (χ1v) is 13.1. The molecule has 2 aromatic carbocycles. The fourth-order valence-electron chi connectivity index (χ4n) is 4.57. The van der Waals surface area contributed by atoms with Gasteiger partial charge in [-0.25, -0.2) is 14.1 Å². The third-order valence-electron chi connectivity index (χ3n) is 6.90. The first kappa shape index (κ1) is 27.5. The molecule has 40 heavy (non-hydrogen) atoms. The minimum absolute atomic E-state index is 0.0561. The summed E-state index contributed by atoms with van der Waals surface area (Å²) in [5.74, 6) is -0.286. The molecule has 1 atom stereocenters.